The van der Waals surface area contributed by atoms with E-state index in [0.29, 0.717) is 18.1 Å². The molecule has 162 valence electrons. The van der Waals surface area contributed by atoms with Crippen LogP contribution >= 0.6 is 0 Å². The minimum absolute atomic E-state index is 0.109. The fourth-order valence-corrected chi connectivity index (χ4v) is 5.00. The van der Waals surface area contributed by atoms with Crippen molar-refractivity contribution in [1.82, 2.24) is 14.8 Å². The fourth-order valence-electron chi connectivity index (χ4n) is 5.00. The van der Waals surface area contributed by atoms with Crippen LogP contribution in [0.3, 0.4) is 0 Å². The van der Waals surface area contributed by atoms with Crippen LogP contribution in [0.2, 0.25) is 0 Å². The zero-order valence-corrected chi connectivity index (χ0v) is 18.1. The van der Waals surface area contributed by atoms with E-state index in [0.717, 1.165) is 51.3 Å². The van der Waals surface area contributed by atoms with Gasteiger partial charge >= 0.3 is 0 Å². The van der Waals surface area contributed by atoms with Crippen molar-refractivity contribution in [1.29, 1.82) is 0 Å². The van der Waals surface area contributed by atoms with Gasteiger partial charge in [0.15, 0.2) is 0 Å². The number of para-hydroxylation sites is 2. The Morgan fingerprint density at radius 2 is 1.81 bits per heavy atom. The molecule has 2 fully saturated rings. The largest absolute Gasteiger partial charge is 0.492 e. The Balaban J connectivity index is 1.21. The molecule has 5 rings (SSSR count). The quantitative estimate of drug-likeness (QED) is 0.633. The molecule has 31 heavy (non-hydrogen) atoms. The molecule has 2 aliphatic heterocycles. The summed E-state index contributed by atoms with van der Waals surface area (Å²) in [5, 5.41) is 1.32. The monoisotopic (exact) mass is 417 g/mol. The van der Waals surface area contributed by atoms with Crippen LogP contribution in [-0.2, 0) is 6.54 Å². The summed E-state index contributed by atoms with van der Waals surface area (Å²) in [5.41, 5.74) is 3.27. The van der Waals surface area contributed by atoms with Crippen LogP contribution in [0.5, 0.6) is 5.75 Å². The molecule has 1 aromatic heterocycles. The molecular formula is C26H31N3O2. The molecule has 2 aromatic carbocycles. The van der Waals surface area contributed by atoms with Gasteiger partial charge in [-0.2, -0.15) is 0 Å². The molecule has 3 aromatic rings. The van der Waals surface area contributed by atoms with Gasteiger partial charge in [0.05, 0.1) is 12.2 Å². The maximum absolute atomic E-state index is 12.9. The SMILES string of the molecule is O=C(c1ccccc1OCC1CCCN(Cc2c[nH]c3ccccc23)C1)N1CCCC1. The Labute approximate surface area is 184 Å². The molecule has 1 atom stereocenters. The number of aromatic amines is 1. The van der Waals surface area contributed by atoms with Gasteiger partial charge in [-0.25, -0.2) is 0 Å². The number of hydrogen-bond donors (Lipinski definition) is 1. The van der Waals surface area contributed by atoms with Gasteiger partial charge in [-0.05, 0) is 56.0 Å². The van der Waals surface area contributed by atoms with Crippen LogP contribution in [0.25, 0.3) is 10.9 Å². The number of carbonyl (C=O) groups is 1. The number of amides is 1. The molecule has 1 N–H and O–H groups in total. The topological polar surface area (TPSA) is 48.6 Å². The van der Waals surface area contributed by atoms with E-state index >= 15 is 0 Å². The van der Waals surface area contributed by atoms with Gasteiger partial charge in [-0.3, -0.25) is 9.69 Å². The van der Waals surface area contributed by atoms with Gasteiger partial charge in [-0.15, -0.1) is 0 Å². The molecule has 3 heterocycles. The number of benzene rings is 2. The minimum Gasteiger partial charge on any atom is -0.492 e. The summed E-state index contributed by atoms with van der Waals surface area (Å²) in [6.45, 7) is 5.50. The van der Waals surface area contributed by atoms with E-state index in [4.69, 9.17) is 4.74 Å². The molecule has 2 aliphatic rings. The van der Waals surface area contributed by atoms with E-state index < -0.39 is 0 Å². The highest BCUT2D eigenvalue weighted by Crippen LogP contribution is 2.26. The second-order valence-corrected chi connectivity index (χ2v) is 8.91. The zero-order chi connectivity index (χ0) is 21.0. The average Bonchev–Trinajstić information content (AvgIpc) is 3.49. The number of likely N-dealkylation sites (tertiary alicyclic amines) is 2. The van der Waals surface area contributed by atoms with Gasteiger partial charge < -0.3 is 14.6 Å². The van der Waals surface area contributed by atoms with Crippen molar-refractivity contribution in [2.75, 3.05) is 32.8 Å². The summed E-state index contributed by atoms with van der Waals surface area (Å²) < 4.78 is 6.23. The number of fused-ring (bicyclic) bond motifs is 1. The van der Waals surface area contributed by atoms with Crippen LogP contribution in [0, 0.1) is 5.92 Å². The number of hydrogen-bond acceptors (Lipinski definition) is 3. The van der Waals surface area contributed by atoms with E-state index in [1.165, 1.54) is 29.3 Å². The fraction of sp³-hybridized carbons (Fsp3) is 0.423. The van der Waals surface area contributed by atoms with Gasteiger partial charge in [0.2, 0.25) is 0 Å². The van der Waals surface area contributed by atoms with Gasteiger partial charge in [-0.1, -0.05) is 30.3 Å². The summed E-state index contributed by atoms with van der Waals surface area (Å²) in [7, 11) is 0. The van der Waals surface area contributed by atoms with Crippen molar-refractivity contribution >= 4 is 16.8 Å². The lowest BCUT2D eigenvalue weighted by molar-refractivity contribution is 0.0784. The Bertz CT molecular complexity index is 1040. The van der Waals surface area contributed by atoms with E-state index in [1.54, 1.807) is 0 Å². The molecule has 2 saturated heterocycles. The highest BCUT2D eigenvalue weighted by atomic mass is 16.5. The molecular weight excluding hydrogens is 386 g/mol. The molecule has 0 radical (unpaired) electrons. The Morgan fingerprint density at radius 3 is 2.71 bits per heavy atom. The van der Waals surface area contributed by atoms with E-state index in [1.807, 2.05) is 29.2 Å². The minimum atomic E-state index is 0.109. The number of nitrogens with one attached hydrogen (secondary N) is 1. The lowest BCUT2D eigenvalue weighted by Crippen LogP contribution is -2.37. The van der Waals surface area contributed by atoms with Crippen LogP contribution in [0.1, 0.15) is 41.6 Å². The van der Waals surface area contributed by atoms with Crippen LogP contribution in [0.4, 0.5) is 0 Å². The molecule has 0 bridgehead atoms. The number of carbonyl (C=O) groups excluding carboxylic acids is 1. The summed E-state index contributed by atoms with van der Waals surface area (Å²) in [6.07, 6.45) is 6.70. The molecule has 0 spiro atoms. The van der Waals surface area contributed by atoms with Gasteiger partial charge in [0, 0.05) is 49.2 Å². The summed E-state index contributed by atoms with van der Waals surface area (Å²) in [6, 6.07) is 16.2. The van der Waals surface area contributed by atoms with Crippen molar-refractivity contribution in [3.05, 3.63) is 65.9 Å². The third kappa shape index (κ3) is 4.47. The van der Waals surface area contributed by atoms with Crippen LogP contribution in [-0.4, -0.2) is 53.5 Å². The number of piperidine rings is 1. The van der Waals surface area contributed by atoms with Crippen molar-refractivity contribution in [2.45, 2.75) is 32.2 Å². The van der Waals surface area contributed by atoms with E-state index in [2.05, 4.69) is 40.3 Å². The number of nitrogens with zero attached hydrogens (tertiary/aromatic N) is 2. The van der Waals surface area contributed by atoms with E-state index in [9.17, 15) is 4.79 Å². The maximum Gasteiger partial charge on any atom is 0.257 e. The van der Waals surface area contributed by atoms with Crippen LogP contribution in [0.15, 0.2) is 54.7 Å². The number of ether oxygens (including phenoxy) is 1. The second kappa shape index (κ2) is 9.15. The predicted octanol–water partition coefficient (Wildman–Crippen LogP) is 4.69. The predicted molar refractivity (Wildman–Crippen MR) is 123 cm³/mol. The first-order valence-electron chi connectivity index (χ1n) is 11.6. The Morgan fingerprint density at radius 1 is 1.00 bits per heavy atom. The summed E-state index contributed by atoms with van der Waals surface area (Å²) >= 11 is 0. The zero-order valence-electron chi connectivity index (χ0n) is 18.1. The smallest absolute Gasteiger partial charge is 0.257 e. The van der Waals surface area contributed by atoms with Crippen molar-refractivity contribution in [2.24, 2.45) is 5.92 Å². The molecule has 1 amide bonds. The lowest BCUT2D eigenvalue weighted by Gasteiger charge is -2.32. The molecule has 5 nitrogen and oxygen atoms in total. The first-order valence-corrected chi connectivity index (χ1v) is 11.6. The van der Waals surface area contributed by atoms with Crippen molar-refractivity contribution in [3.8, 4) is 5.75 Å². The molecule has 5 heteroatoms. The number of aromatic nitrogens is 1. The maximum atomic E-state index is 12.9. The van der Waals surface area contributed by atoms with Gasteiger partial charge in [0.1, 0.15) is 5.75 Å². The summed E-state index contributed by atoms with van der Waals surface area (Å²) in [4.78, 5) is 20.8. The van der Waals surface area contributed by atoms with Gasteiger partial charge in [0.25, 0.3) is 5.91 Å². The first-order chi connectivity index (χ1) is 15.3. The Hall–Kier alpha value is -2.79. The number of rotatable bonds is 6. The lowest BCUT2D eigenvalue weighted by atomic mass is 9.98. The third-order valence-corrected chi connectivity index (χ3v) is 6.66. The Kier molecular flexibility index (Phi) is 5.94. The highest BCUT2D eigenvalue weighted by molar-refractivity contribution is 5.97. The van der Waals surface area contributed by atoms with Crippen molar-refractivity contribution in [3.63, 3.8) is 0 Å². The van der Waals surface area contributed by atoms with Crippen LogP contribution < -0.4 is 4.74 Å². The molecule has 0 aliphatic carbocycles. The van der Waals surface area contributed by atoms with E-state index in [-0.39, 0.29) is 5.91 Å². The first kappa shape index (κ1) is 20.1. The summed E-state index contributed by atoms with van der Waals surface area (Å²) in [5.74, 6) is 1.32. The highest BCUT2D eigenvalue weighted by Gasteiger charge is 2.24. The standard InChI is InChI=1S/C26H31N3O2/c30-26(29-14-5-6-15-29)23-10-2-4-12-25(23)31-19-20-8-7-13-28(17-20)18-21-16-27-24-11-3-1-9-22(21)24/h1-4,9-12,16,20,27H,5-8,13-15,17-19H2. The van der Waals surface area contributed by atoms with Crippen molar-refractivity contribution < 1.29 is 9.53 Å². The molecule has 0 saturated carbocycles. The normalized spacial score (nSPS) is 19.7. The third-order valence-electron chi connectivity index (χ3n) is 6.66. The number of H-pyrrole nitrogens is 1. The average molecular weight is 418 g/mol. The second-order valence-electron chi connectivity index (χ2n) is 8.91. The molecule has 1 unspecified atom stereocenters.